The van der Waals surface area contributed by atoms with Gasteiger partial charge in [0.1, 0.15) is 0 Å². The van der Waals surface area contributed by atoms with E-state index in [1.807, 2.05) is 42.5 Å². The standard InChI is InChI=1S/C26H35NO/c1-2-3-4-5-6-7-8-9-13-16-26(28)27-25-21-19-24(20-22-25)18-17-23-14-11-10-12-15-23/h10-12,14-15,17-22H,2-9,13,16H2,1H3,(H,27,28)/b18-17+. The molecule has 2 rings (SSSR count). The molecule has 0 saturated carbocycles. The van der Waals surface area contributed by atoms with Gasteiger partial charge in [0, 0.05) is 12.1 Å². The monoisotopic (exact) mass is 377 g/mol. The first-order chi connectivity index (χ1) is 13.8. The van der Waals surface area contributed by atoms with Crippen LogP contribution in [0.2, 0.25) is 0 Å². The molecule has 1 N–H and O–H groups in total. The summed E-state index contributed by atoms with van der Waals surface area (Å²) in [5.74, 6) is 0.121. The van der Waals surface area contributed by atoms with Crippen LogP contribution in [0.15, 0.2) is 54.6 Å². The zero-order valence-corrected chi connectivity index (χ0v) is 17.3. The van der Waals surface area contributed by atoms with E-state index in [4.69, 9.17) is 0 Å². The van der Waals surface area contributed by atoms with Gasteiger partial charge < -0.3 is 5.32 Å². The summed E-state index contributed by atoms with van der Waals surface area (Å²) in [5.41, 5.74) is 3.18. The summed E-state index contributed by atoms with van der Waals surface area (Å²) < 4.78 is 0. The summed E-state index contributed by atoms with van der Waals surface area (Å²) in [6.45, 7) is 2.25. The van der Waals surface area contributed by atoms with Crippen molar-refractivity contribution in [1.29, 1.82) is 0 Å². The van der Waals surface area contributed by atoms with Gasteiger partial charge in [-0.25, -0.2) is 0 Å². The minimum absolute atomic E-state index is 0.121. The van der Waals surface area contributed by atoms with Gasteiger partial charge >= 0.3 is 0 Å². The molecular formula is C26H35NO. The molecular weight excluding hydrogens is 342 g/mol. The second-order valence-corrected chi connectivity index (χ2v) is 7.49. The van der Waals surface area contributed by atoms with E-state index in [2.05, 4.69) is 36.5 Å². The van der Waals surface area contributed by atoms with Gasteiger partial charge in [-0.3, -0.25) is 4.79 Å². The Morgan fingerprint density at radius 2 is 1.25 bits per heavy atom. The lowest BCUT2D eigenvalue weighted by atomic mass is 10.1. The van der Waals surface area contributed by atoms with Crippen LogP contribution in [-0.2, 0) is 4.79 Å². The summed E-state index contributed by atoms with van der Waals surface area (Å²) >= 11 is 0. The average molecular weight is 378 g/mol. The fourth-order valence-electron chi connectivity index (χ4n) is 3.25. The van der Waals surface area contributed by atoms with E-state index in [1.165, 1.54) is 50.5 Å². The van der Waals surface area contributed by atoms with Crippen LogP contribution >= 0.6 is 0 Å². The topological polar surface area (TPSA) is 29.1 Å². The zero-order chi connectivity index (χ0) is 19.9. The van der Waals surface area contributed by atoms with Gasteiger partial charge in [0.15, 0.2) is 0 Å². The predicted molar refractivity (Wildman–Crippen MR) is 122 cm³/mol. The van der Waals surface area contributed by atoms with Crippen LogP contribution in [0.4, 0.5) is 5.69 Å². The number of unbranched alkanes of at least 4 members (excludes halogenated alkanes) is 8. The quantitative estimate of drug-likeness (QED) is 0.281. The highest BCUT2D eigenvalue weighted by atomic mass is 16.1. The second-order valence-electron chi connectivity index (χ2n) is 7.49. The Bertz CT molecular complexity index is 688. The number of amides is 1. The third kappa shape index (κ3) is 9.55. The average Bonchev–Trinajstić information content (AvgIpc) is 2.73. The molecule has 0 aliphatic carbocycles. The first-order valence-electron chi connectivity index (χ1n) is 10.9. The Morgan fingerprint density at radius 1 is 0.714 bits per heavy atom. The van der Waals surface area contributed by atoms with E-state index >= 15 is 0 Å². The molecule has 2 aromatic carbocycles. The number of nitrogens with one attached hydrogen (secondary N) is 1. The number of hydrogen-bond acceptors (Lipinski definition) is 1. The van der Waals surface area contributed by atoms with Crippen LogP contribution in [0, 0.1) is 0 Å². The van der Waals surface area contributed by atoms with E-state index < -0.39 is 0 Å². The minimum Gasteiger partial charge on any atom is -0.326 e. The number of hydrogen-bond donors (Lipinski definition) is 1. The smallest absolute Gasteiger partial charge is 0.224 e. The van der Waals surface area contributed by atoms with Gasteiger partial charge in [-0.2, -0.15) is 0 Å². The third-order valence-corrected chi connectivity index (χ3v) is 4.97. The Hall–Kier alpha value is -2.35. The molecule has 0 spiro atoms. The van der Waals surface area contributed by atoms with Crippen LogP contribution in [0.5, 0.6) is 0 Å². The predicted octanol–water partition coefficient (Wildman–Crippen LogP) is 7.72. The molecule has 2 aromatic rings. The van der Waals surface area contributed by atoms with E-state index in [1.54, 1.807) is 0 Å². The van der Waals surface area contributed by atoms with Crippen LogP contribution < -0.4 is 5.32 Å². The first kappa shape index (κ1) is 21.9. The summed E-state index contributed by atoms with van der Waals surface area (Å²) in [7, 11) is 0. The molecule has 0 heterocycles. The normalized spacial score (nSPS) is 11.0. The fraction of sp³-hybridized carbons (Fsp3) is 0.423. The lowest BCUT2D eigenvalue weighted by Gasteiger charge is -2.06. The van der Waals surface area contributed by atoms with Gasteiger partial charge in [-0.05, 0) is 29.7 Å². The molecule has 0 bridgehead atoms. The Labute approximate surface area is 171 Å². The van der Waals surface area contributed by atoms with E-state index in [0.717, 1.165) is 24.1 Å². The highest BCUT2D eigenvalue weighted by Crippen LogP contribution is 2.14. The number of carbonyl (C=O) groups excluding carboxylic acids is 1. The van der Waals surface area contributed by atoms with Gasteiger partial charge in [0.2, 0.25) is 5.91 Å². The summed E-state index contributed by atoms with van der Waals surface area (Å²) in [6.07, 6.45) is 16.3. The minimum atomic E-state index is 0.121. The van der Waals surface area contributed by atoms with Crippen molar-refractivity contribution >= 4 is 23.7 Å². The van der Waals surface area contributed by atoms with E-state index in [0.29, 0.717) is 6.42 Å². The molecule has 2 heteroatoms. The summed E-state index contributed by atoms with van der Waals surface area (Å²) in [6, 6.07) is 18.3. The van der Waals surface area contributed by atoms with Gasteiger partial charge in [0.05, 0.1) is 0 Å². The molecule has 0 fully saturated rings. The molecule has 1 amide bonds. The van der Waals surface area contributed by atoms with Crippen molar-refractivity contribution in [3.63, 3.8) is 0 Å². The second kappa shape index (κ2) is 13.8. The van der Waals surface area contributed by atoms with Gasteiger partial charge in [0.25, 0.3) is 0 Å². The molecule has 0 unspecified atom stereocenters. The molecule has 0 aliphatic rings. The maximum absolute atomic E-state index is 12.1. The third-order valence-electron chi connectivity index (χ3n) is 4.97. The van der Waals surface area contributed by atoms with Crippen molar-refractivity contribution in [3.05, 3.63) is 65.7 Å². The lowest BCUT2D eigenvalue weighted by molar-refractivity contribution is -0.116. The van der Waals surface area contributed by atoms with Crippen LogP contribution in [0.25, 0.3) is 12.2 Å². The Kier molecular flexibility index (Phi) is 10.8. The van der Waals surface area contributed by atoms with Crippen molar-refractivity contribution in [2.75, 3.05) is 5.32 Å². The van der Waals surface area contributed by atoms with Crippen molar-refractivity contribution < 1.29 is 4.79 Å². The van der Waals surface area contributed by atoms with Crippen LogP contribution in [0.1, 0.15) is 82.3 Å². The van der Waals surface area contributed by atoms with Crippen molar-refractivity contribution in [2.45, 2.75) is 71.1 Å². The highest BCUT2D eigenvalue weighted by molar-refractivity contribution is 5.90. The molecule has 0 atom stereocenters. The maximum atomic E-state index is 12.1. The van der Waals surface area contributed by atoms with Crippen LogP contribution in [0.3, 0.4) is 0 Å². The van der Waals surface area contributed by atoms with Crippen molar-refractivity contribution in [1.82, 2.24) is 0 Å². The maximum Gasteiger partial charge on any atom is 0.224 e. The molecule has 0 aliphatic heterocycles. The molecule has 0 aromatic heterocycles. The molecule has 0 saturated heterocycles. The van der Waals surface area contributed by atoms with Gasteiger partial charge in [-0.1, -0.05) is 113 Å². The molecule has 2 nitrogen and oxygen atoms in total. The number of carbonyl (C=O) groups is 1. The molecule has 28 heavy (non-hydrogen) atoms. The molecule has 0 radical (unpaired) electrons. The molecule has 150 valence electrons. The number of anilines is 1. The zero-order valence-electron chi connectivity index (χ0n) is 17.3. The van der Waals surface area contributed by atoms with Gasteiger partial charge in [-0.15, -0.1) is 0 Å². The SMILES string of the molecule is CCCCCCCCCCCC(=O)Nc1ccc(/C=C/c2ccccc2)cc1. The highest BCUT2D eigenvalue weighted by Gasteiger charge is 2.02. The Balaban J connectivity index is 1.60. The number of rotatable bonds is 13. The fourth-order valence-corrected chi connectivity index (χ4v) is 3.25. The lowest BCUT2D eigenvalue weighted by Crippen LogP contribution is -2.10. The van der Waals surface area contributed by atoms with Crippen molar-refractivity contribution in [3.8, 4) is 0 Å². The largest absolute Gasteiger partial charge is 0.326 e. The van der Waals surface area contributed by atoms with E-state index in [-0.39, 0.29) is 5.91 Å². The van der Waals surface area contributed by atoms with Crippen molar-refractivity contribution in [2.24, 2.45) is 0 Å². The first-order valence-corrected chi connectivity index (χ1v) is 10.9. The number of benzene rings is 2. The Morgan fingerprint density at radius 3 is 1.86 bits per heavy atom. The van der Waals surface area contributed by atoms with E-state index in [9.17, 15) is 4.79 Å². The summed E-state index contributed by atoms with van der Waals surface area (Å²) in [5, 5.41) is 3.01. The summed E-state index contributed by atoms with van der Waals surface area (Å²) in [4.78, 5) is 12.1. The van der Waals surface area contributed by atoms with Crippen LogP contribution in [-0.4, -0.2) is 5.91 Å².